The maximum absolute atomic E-state index is 13.1. The lowest BCUT2D eigenvalue weighted by molar-refractivity contribution is -0.118. The molecule has 5 nitrogen and oxygen atoms in total. The van der Waals surface area contributed by atoms with Crippen LogP contribution in [-0.2, 0) is 11.3 Å². The molecule has 34 heavy (non-hydrogen) atoms. The number of carbonyl (C=O) groups excluding carboxylic acids is 2. The highest BCUT2D eigenvalue weighted by Gasteiger charge is 2.16. The van der Waals surface area contributed by atoms with Gasteiger partial charge in [0.15, 0.2) is 0 Å². The normalized spacial score (nSPS) is 17.3. The first-order valence-electron chi connectivity index (χ1n) is 12.8. The highest BCUT2D eigenvalue weighted by molar-refractivity contribution is 8.00. The summed E-state index contributed by atoms with van der Waals surface area (Å²) in [5.74, 6) is 0.839. The van der Waals surface area contributed by atoms with Gasteiger partial charge in [-0.15, -0.1) is 11.8 Å². The van der Waals surface area contributed by atoms with E-state index in [2.05, 4.69) is 27.7 Å². The zero-order valence-corrected chi connectivity index (χ0v) is 20.9. The van der Waals surface area contributed by atoms with Crippen molar-refractivity contribution in [1.82, 2.24) is 10.2 Å². The molecule has 0 aromatic heterocycles. The molecule has 6 heteroatoms. The van der Waals surface area contributed by atoms with Gasteiger partial charge in [0.25, 0.3) is 5.91 Å². The van der Waals surface area contributed by atoms with Crippen LogP contribution >= 0.6 is 11.8 Å². The Balaban J connectivity index is 1.30. The average molecular weight is 480 g/mol. The van der Waals surface area contributed by atoms with Crippen LogP contribution in [0.4, 0.5) is 5.69 Å². The molecule has 2 aromatic rings. The van der Waals surface area contributed by atoms with Crippen molar-refractivity contribution in [1.29, 1.82) is 0 Å². The number of thioether (sulfide) groups is 1. The molecule has 0 radical (unpaired) electrons. The number of hydrogen-bond donors (Lipinski definition) is 2. The second-order valence-electron chi connectivity index (χ2n) is 9.58. The lowest BCUT2D eigenvalue weighted by atomic mass is 9.89. The minimum Gasteiger partial charge on any atom is -0.355 e. The summed E-state index contributed by atoms with van der Waals surface area (Å²) in [6, 6.07) is 15.7. The predicted octanol–water partition coefficient (Wildman–Crippen LogP) is 5.71. The fourth-order valence-electron chi connectivity index (χ4n) is 4.95. The summed E-state index contributed by atoms with van der Waals surface area (Å²) < 4.78 is 0. The smallest absolute Gasteiger partial charge is 0.256 e. The molecule has 1 saturated heterocycles. The molecule has 2 aromatic carbocycles. The van der Waals surface area contributed by atoms with E-state index in [9.17, 15) is 9.59 Å². The van der Waals surface area contributed by atoms with Gasteiger partial charge in [0.2, 0.25) is 5.91 Å². The molecule has 1 heterocycles. The second kappa shape index (κ2) is 13.0. The van der Waals surface area contributed by atoms with Gasteiger partial charge in [-0.2, -0.15) is 0 Å². The lowest BCUT2D eigenvalue weighted by Crippen LogP contribution is -2.31. The Morgan fingerprint density at radius 1 is 0.912 bits per heavy atom. The Labute approximate surface area is 208 Å². The van der Waals surface area contributed by atoms with Crippen molar-refractivity contribution in [2.45, 2.75) is 62.8 Å². The SMILES string of the molecule is O=C(CSc1ccccc1C(=O)Nc1cccc(CN2CCCCC2)c1)NCC1CCCCC1. The molecule has 182 valence electrons. The number of nitrogens with zero attached hydrogens (tertiary/aromatic N) is 1. The standard InChI is InChI=1S/C28H37N3O2S/c32-27(29-19-22-10-3-1-4-11-22)21-34-26-15-6-5-14-25(26)28(33)30-24-13-9-12-23(18-24)20-31-16-7-2-8-17-31/h5-6,9,12-15,18,22H,1-4,7-8,10-11,16-17,19-21H2,(H,29,32)(H,30,33). The van der Waals surface area contributed by atoms with Crippen molar-refractivity contribution in [3.8, 4) is 0 Å². The van der Waals surface area contributed by atoms with E-state index in [-0.39, 0.29) is 11.8 Å². The molecule has 2 amide bonds. The van der Waals surface area contributed by atoms with E-state index in [1.54, 1.807) is 0 Å². The lowest BCUT2D eigenvalue weighted by Gasteiger charge is -2.26. The molecule has 1 saturated carbocycles. The third-order valence-corrected chi connectivity index (χ3v) is 7.92. The number of anilines is 1. The monoisotopic (exact) mass is 479 g/mol. The van der Waals surface area contributed by atoms with Crippen LogP contribution in [0.2, 0.25) is 0 Å². The van der Waals surface area contributed by atoms with Gasteiger partial charge >= 0.3 is 0 Å². The molecule has 0 atom stereocenters. The van der Waals surface area contributed by atoms with Crippen molar-refractivity contribution in [3.63, 3.8) is 0 Å². The van der Waals surface area contributed by atoms with Gasteiger partial charge in [-0.1, -0.05) is 49.9 Å². The van der Waals surface area contributed by atoms with Crippen LogP contribution in [0.5, 0.6) is 0 Å². The first-order valence-corrected chi connectivity index (χ1v) is 13.8. The molecule has 1 aliphatic heterocycles. The highest BCUT2D eigenvalue weighted by Crippen LogP contribution is 2.25. The molecule has 1 aliphatic carbocycles. The number of rotatable bonds is 9. The van der Waals surface area contributed by atoms with E-state index in [0.29, 0.717) is 17.2 Å². The van der Waals surface area contributed by atoms with Crippen molar-refractivity contribution in [3.05, 3.63) is 59.7 Å². The van der Waals surface area contributed by atoms with Gasteiger partial charge in [-0.25, -0.2) is 0 Å². The number of amides is 2. The summed E-state index contributed by atoms with van der Waals surface area (Å²) in [7, 11) is 0. The molecule has 0 unspecified atom stereocenters. The fourth-order valence-corrected chi connectivity index (χ4v) is 5.83. The molecule has 2 aliphatic rings. The van der Waals surface area contributed by atoms with E-state index in [1.807, 2.05) is 36.4 Å². The van der Waals surface area contributed by atoms with Gasteiger partial charge in [0, 0.05) is 23.7 Å². The Kier molecular flexibility index (Phi) is 9.45. The van der Waals surface area contributed by atoms with Crippen LogP contribution in [0.1, 0.15) is 67.3 Å². The summed E-state index contributed by atoms with van der Waals surface area (Å²) in [6.07, 6.45) is 10.2. The largest absolute Gasteiger partial charge is 0.355 e. The molecule has 0 spiro atoms. The molecular formula is C28H37N3O2S. The minimum atomic E-state index is -0.138. The quantitative estimate of drug-likeness (QED) is 0.452. The number of hydrogen-bond acceptors (Lipinski definition) is 4. The maximum atomic E-state index is 13.1. The van der Waals surface area contributed by atoms with E-state index in [4.69, 9.17) is 0 Å². The molecule has 2 N–H and O–H groups in total. The van der Waals surface area contributed by atoms with Crippen molar-refractivity contribution < 1.29 is 9.59 Å². The molecule has 0 bridgehead atoms. The summed E-state index contributed by atoms with van der Waals surface area (Å²) in [6.45, 7) is 3.99. The topological polar surface area (TPSA) is 61.4 Å². The number of benzene rings is 2. The number of likely N-dealkylation sites (tertiary alicyclic amines) is 1. The molecule has 2 fully saturated rings. The third kappa shape index (κ3) is 7.60. The summed E-state index contributed by atoms with van der Waals surface area (Å²) >= 11 is 1.43. The highest BCUT2D eigenvalue weighted by atomic mass is 32.2. The summed E-state index contributed by atoms with van der Waals surface area (Å²) in [4.78, 5) is 28.8. The Hall–Kier alpha value is -2.31. The van der Waals surface area contributed by atoms with E-state index >= 15 is 0 Å². The molecular weight excluding hydrogens is 442 g/mol. The van der Waals surface area contributed by atoms with E-state index in [1.165, 1.54) is 68.7 Å². The van der Waals surface area contributed by atoms with Crippen LogP contribution < -0.4 is 10.6 Å². The van der Waals surface area contributed by atoms with Crippen molar-refractivity contribution in [2.75, 3.05) is 30.7 Å². The summed E-state index contributed by atoms with van der Waals surface area (Å²) in [5, 5.41) is 6.15. The Morgan fingerprint density at radius 2 is 1.68 bits per heavy atom. The Bertz CT molecular complexity index is 952. The van der Waals surface area contributed by atoms with Crippen molar-refractivity contribution >= 4 is 29.3 Å². The van der Waals surface area contributed by atoms with E-state index < -0.39 is 0 Å². The fraction of sp³-hybridized carbons (Fsp3) is 0.500. The van der Waals surface area contributed by atoms with Gasteiger partial charge in [0.1, 0.15) is 0 Å². The van der Waals surface area contributed by atoms with Gasteiger partial charge in [-0.3, -0.25) is 14.5 Å². The van der Waals surface area contributed by atoms with Crippen LogP contribution in [-0.4, -0.2) is 42.1 Å². The van der Waals surface area contributed by atoms with Crippen molar-refractivity contribution in [2.24, 2.45) is 5.92 Å². The van der Waals surface area contributed by atoms with Gasteiger partial charge < -0.3 is 10.6 Å². The molecule has 4 rings (SSSR count). The maximum Gasteiger partial charge on any atom is 0.256 e. The summed E-state index contributed by atoms with van der Waals surface area (Å²) in [5.41, 5.74) is 2.63. The predicted molar refractivity (Wildman–Crippen MR) is 140 cm³/mol. The third-order valence-electron chi connectivity index (χ3n) is 6.84. The zero-order chi connectivity index (χ0) is 23.6. The zero-order valence-electron chi connectivity index (χ0n) is 20.1. The number of nitrogens with one attached hydrogen (secondary N) is 2. The van der Waals surface area contributed by atoms with Gasteiger partial charge in [-0.05, 0) is 74.5 Å². The van der Waals surface area contributed by atoms with Crippen LogP contribution in [0, 0.1) is 5.92 Å². The number of piperidine rings is 1. The van der Waals surface area contributed by atoms with Crippen LogP contribution in [0.3, 0.4) is 0 Å². The number of carbonyl (C=O) groups is 2. The van der Waals surface area contributed by atoms with E-state index in [0.717, 1.165) is 36.8 Å². The van der Waals surface area contributed by atoms with Crippen LogP contribution in [0.25, 0.3) is 0 Å². The van der Waals surface area contributed by atoms with Gasteiger partial charge in [0.05, 0.1) is 11.3 Å². The average Bonchev–Trinajstić information content (AvgIpc) is 2.88. The minimum absolute atomic E-state index is 0.0381. The Morgan fingerprint density at radius 3 is 2.50 bits per heavy atom. The first-order chi connectivity index (χ1) is 16.7. The van der Waals surface area contributed by atoms with Crippen LogP contribution in [0.15, 0.2) is 53.4 Å². The second-order valence-corrected chi connectivity index (χ2v) is 10.6. The first kappa shape index (κ1) is 24.8.